The molecule has 2 aromatic carbocycles. The molecule has 0 radical (unpaired) electrons. The molecule has 202 valence electrons. The molecule has 37 heavy (non-hydrogen) atoms. The van der Waals surface area contributed by atoms with Crippen LogP contribution < -0.4 is 5.32 Å². The lowest BCUT2D eigenvalue weighted by Crippen LogP contribution is -2.49. The van der Waals surface area contributed by atoms with Gasteiger partial charge >= 0.3 is 0 Å². The maximum Gasteiger partial charge on any atom is 0.226 e. The third-order valence-corrected chi connectivity index (χ3v) is 8.64. The number of hydrogen-bond donors (Lipinski definition) is 2. The Balaban J connectivity index is 1.67. The fourth-order valence-electron chi connectivity index (χ4n) is 6.46. The van der Waals surface area contributed by atoms with Gasteiger partial charge in [-0.15, -0.1) is 0 Å². The van der Waals surface area contributed by atoms with E-state index >= 15 is 4.39 Å². The first kappa shape index (κ1) is 27.7. The summed E-state index contributed by atoms with van der Waals surface area (Å²) in [6, 6.07) is 12.9. The quantitative estimate of drug-likeness (QED) is 0.411. The number of carbonyl (C=O) groups is 1. The Kier molecular flexibility index (Phi) is 9.04. The highest BCUT2D eigenvalue weighted by Crippen LogP contribution is 2.48. The van der Waals surface area contributed by atoms with E-state index in [-0.39, 0.29) is 23.6 Å². The molecular weight excluding hydrogens is 467 g/mol. The molecule has 2 aromatic rings. The van der Waals surface area contributed by atoms with Crippen LogP contribution in [0.15, 0.2) is 42.5 Å². The number of benzene rings is 2. The Morgan fingerprint density at radius 1 is 1.24 bits per heavy atom. The molecule has 1 saturated heterocycles. The van der Waals surface area contributed by atoms with Crippen LogP contribution >= 0.6 is 0 Å². The van der Waals surface area contributed by atoms with Crippen LogP contribution in [0.4, 0.5) is 4.39 Å². The number of unbranched alkanes of at least 4 members (excludes halogenated alkanes) is 1. The van der Waals surface area contributed by atoms with E-state index < -0.39 is 5.60 Å². The average Bonchev–Trinajstić information content (AvgIpc) is 3.54. The highest BCUT2D eigenvalue weighted by Gasteiger charge is 2.53. The number of nitrogens with one attached hydrogen (secondary N) is 1. The topological polar surface area (TPSA) is 61.8 Å². The molecule has 2 N–H and O–H groups in total. The predicted molar refractivity (Wildman–Crippen MR) is 146 cm³/mol. The minimum atomic E-state index is -1.26. The van der Waals surface area contributed by atoms with Crippen molar-refractivity contribution in [1.29, 1.82) is 0 Å². The van der Waals surface area contributed by atoms with Gasteiger partial charge in [-0.2, -0.15) is 0 Å². The molecule has 0 unspecified atom stereocenters. The number of carbonyl (C=O) groups excluding carboxylic acids is 1. The number of hydrogen-bond acceptors (Lipinski definition) is 4. The fourth-order valence-corrected chi connectivity index (χ4v) is 6.46. The first-order chi connectivity index (χ1) is 17.8. The van der Waals surface area contributed by atoms with Crippen LogP contribution in [0.1, 0.15) is 50.2 Å². The molecular formula is C31H43FN2O3. The van der Waals surface area contributed by atoms with Gasteiger partial charge in [-0.1, -0.05) is 48.9 Å². The molecule has 5 atom stereocenters. The van der Waals surface area contributed by atoms with Gasteiger partial charge in [0.1, 0.15) is 5.82 Å². The molecule has 0 spiro atoms. The maximum absolute atomic E-state index is 15.5. The van der Waals surface area contributed by atoms with Crippen LogP contribution in [-0.2, 0) is 15.1 Å². The van der Waals surface area contributed by atoms with Crippen molar-refractivity contribution in [1.82, 2.24) is 10.2 Å². The first-order valence-corrected chi connectivity index (χ1v) is 13.8. The second-order valence-corrected chi connectivity index (χ2v) is 11.1. The molecule has 2 aliphatic rings. The minimum absolute atomic E-state index is 0.0537. The number of aryl methyl sites for hydroxylation is 1. The van der Waals surface area contributed by atoms with E-state index in [1.165, 1.54) is 6.07 Å². The molecule has 1 aliphatic carbocycles. The number of methoxy groups -OCH3 is 1. The Morgan fingerprint density at radius 2 is 2.03 bits per heavy atom. The van der Waals surface area contributed by atoms with Crippen LogP contribution in [0.3, 0.4) is 0 Å². The summed E-state index contributed by atoms with van der Waals surface area (Å²) in [5.41, 5.74) is 1.65. The SMILES string of the molecule is CNC[C@H]1[C@H](C)[C@H]1C(=O)N1CCC[C@@H]([C@@](O)(CCCCOC)c2cccc(F)c2-c2cccc(C)c2)C1. The van der Waals surface area contributed by atoms with Gasteiger partial charge in [0.2, 0.25) is 5.91 Å². The zero-order valence-corrected chi connectivity index (χ0v) is 22.8. The number of piperidine rings is 1. The molecule has 4 rings (SSSR count). The summed E-state index contributed by atoms with van der Waals surface area (Å²) < 4.78 is 20.7. The lowest BCUT2D eigenvalue weighted by atomic mass is 9.72. The highest BCUT2D eigenvalue weighted by molar-refractivity contribution is 5.82. The molecule has 2 fully saturated rings. The summed E-state index contributed by atoms with van der Waals surface area (Å²) in [6.07, 6.45) is 3.70. The number of aliphatic hydroxyl groups is 1. The maximum atomic E-state index is 15.5. The molecule has 6 heteroatoms. The summed E-state index contributed by atoms with van der Waals surface area (Å²) in [7, 11) is 3.61. The van der Waals surface area contributed by atoms with Crippen molar-refractivity contribution in [3.63, 3.8) is 0 Å². The van der Waals surface area contributed by atoms with E-state index in [1.54, 1.807) is 13.2 Å². The van der Waals surface area contributed by atoms with Gasteiger partial charge in [0.15, 0.2) is 0 Å². The smallest absolute Gasteiger partial charge is 0.226 e. The lowest BCUT2D eigenvalue weighted by molar-refractivity contribution is -0.138. The third-order valence-electron chi connectivity index (χ3n) is 8.64. The number of amides is 1. The Morgan fingerprint density at radius 3 is 2.76 bits per heavy atom. The number of ether oxygens (including phenoxy) is 1. The zero-order chi connectivity index (χ0) is 26.6. The van der Waals surface area contributed by atoms with Crippen LogP contribution in [0.25, 0.3) is 11.1 Å². The molecule has 5 nitrogen and oxygen atoms in total. The summed E-state index contributed by atoms with van der Waals surface area (Å²) in [5, 5.41) is 15.7. The van der Waals surface area contributed by atoms with Crippen LogP contribution in [-0.4, -0.2) is 56.3 Å². The first-order valence-electron chi connectivity index (χ1n) is 13.8. The van der Waals surface area contributed by atoms with Crippen molar-refractivity contribution in [2.45, 2.75) is 51.6 Å². The molecule has 0 aromatic heterocycles. The molecule has 1 amide bonds. The predicted octanol–water partition coefficient (Wildman–Crippen LogP) is 5.15. The van der Waals surface area contributed by atoms with Gasteiger partial charge in [-0.05, 0) is 81.6 Å². The van der Waals surface area contributed by atoms with Crippen molar-refractivity contribution in [3.8, 4) is 11.1 Å². The van der Waals surface area contributed by atoms with Gasteiger partial charge < -0.3 is 20.1 Å². The van der Waals surface area contributed by atoms with Crippen molar-refractivity contribution < 1.29 is 19.0 Å². The fraction of sp³-hybridized carbons (Fsp3) is 0.581. The number of nitrogens with zero attached hydrogens (tertiary/aromatic N) is 1. The van der Waals surface area contributed by atoms with Gasteiger partial charge in [-0.25, -0.2) is 4.39 Å². The standard InChI is InChI=1S/C31H43FN2O3/c1-21-10-7-11-23(18-21)29-26(13-8-14-27(29)32)31(36,15-5-6-17-37-4)24-12-9-16-34(20-24)30(35)28-22(2)25(28)19-33-3/h7-8,10-11,13-14,18,22,24-25,28,33,36H,5-6,9,12,15-17,19-20H2,1-4H3/t22-,24+,25-,28+,31-/m0/s1. The largest absolute Gasteiger partial charge is 0.385 e. The zero-order valence-electron chi connectivity index (χ0n) is 22.8. The Hall–Kier alpha value is -2.28. The Labute approximate surface area is 221 Å². The number of rotatable bonds is 11. The summed E-state index contributed by atoms with van der Waals surface area (Å²) in [4.78, 5) is 15.5. The van der Waals surface area contributed by atoms with Crippen LogP contribution in [0, 0.1) is 36.4 Å². The molecule has 1 heterocycles. The monoisotopic (exact) mass is 510 g/mol. The second kappa shape index (κ2) is 12.1. The average molecular weight is 511 g/mol. The van der Waals surface area contributed by atoms with Gasteiger partial charge in [0, 0.05) is 44.2 Å². The van der Waals surface area contributed by atoms with E-state index in [4.69, 9.17) is 4.74 Å². The number of likely N-dealkylation sites (tertiary alicyclic amines) is 1. The second-order valence-electron chi connectivity index (χ2n) is 11.1. The minimum Gasteiger partial charge on any atom is -0.385 e. The van der Waals surface area contributed by atoms with Crippen molar-refractivity contribution >= 4 is 5.91 Å². The summed E-state index contributed by atoms with van der Waals surface area (Å²) in [6.45, 7) is 6.83. The summed E-state index contributed by atoms with van der Waals surface area (Å²) in [5.74, 6) is 0.514. The van der Waals surface area contributed by atoms with Crippen LogP contribution in [0.2, 0.25) is 0 Å². The number of halogens is 1. The van der Waals surface area contributed by atoms with E-state index in [9.17, 15) is 9.90 Å². The molecule has 1 saturated carbocycles. The van der Waals surface area contributed by atoms with Crippen molar-refractivity contribution in [3.05, 3.63) is 59.4 Å². The van der Waals surface area contributed by atoms with Crippen molar-refractivity contribution in [2.24, 2.45) is 23.7 Å². The van der Waals surface area contributed by atoms with Crippen LogP contribution in [0.5, 0.6) is 0 Å². The molecule has 1 aliphatic heterocycles. The van der Waals surface area contributed by atoms with Crippen molar-refractivity contribution in [2.75, 3.05) is 40.4 Å². The van der Waals surface area contributed by atoms with Gasteiger partial charge in [-0.3, -0.25) is 4.79 Å². The van der Waals surface area contributed by atoms with E-state index in [2.05, 4.69) is 12.2 Å². The van der Waals surface area contributed by atoms with E-state index in [1.807, 2.05) is 49.2 Å². The van der Waals surface area contributed by atoms with Gasteiger partial charge in [0.05, 0.1) is 5.60 Å². The normalized spacial score (nSPS) is 25.1. The highest BCUT2D eigenvalue weighted by atomic mass is 19.1. The lowest BCUT2D eigenvalue weighted by Gasteiger charge is -2.44. The summed E-state index contributed by atoms with van der Waals surface area (Å²) >= 11 is 0. The Bertz CT molecular complexity index is 1080. The van der Waals surface area contributed by atoms with E-state index in [0.29, 0.717) is 42.5 Å². The third kappa shape index (κ3) is 5.92. The van der Waals surface area contributed by atoms with E-state index in [0.717, 1.165) is 49.9 Å². The molecule has 0 bridgehead atoms. The van der Waals surface area contributed by atoms with Gasteiger partial charge in [0.25, 0.3) is 0 Å².